The zero-order valence-corrected chi connectivity index (χ0v) is 8.82. The average molecular weight is 223 g/mol. The number of carbonyl (C=O) groups is 1. The molecule has 2 unspecified atom stereocenters. The minimum absolute atomic E-state index is 0.0694. The molecule has 0 spiro atoms. The Morgan fingerprint density at radius 1 is 1.50 bits per heavy atom. The number of hydrogen-bond donors (Lipinski definition) is 2. The van der Waals surface area contributed by atoms with Gasteiger partial charge in [0.05, 0.1) is 0 Å². The third kappa shape index (κ3) is 2.55. The van der Waals surface area contributed by atoms with E-state index in [9.17, 15) is 9.18 Å². The predicted molar refractivity (Wildman–Crippen MR) is 58.1 cm³/mol. The van der Waals surface area contributed by atoms with Crippen molar-refractivity contribution in [2.24, 2.45) is 11.7 Å². The number of anilines is 1. The summed E-state index contributed by atoms with van der Waals surface area (Å²) in [5.41, 5.74) is 5.72. The van der Waals surface area contributed by atoms with Crippen LogP contribution in [-0.4, -0.2) is 16.9 Å². The average Bonchev–Trinajstić information content (AvgIpc) is 2.65. The molecule has 5 heteroatoms. The van der Waals surface area contributed by atoms with Crippen molar-refractivity contribution in [1.82, 2.24) is 4.98 Å². The van der Waals surface area contributed by atoms with Gasteiger partial charge in [0.2, 0.25) is 11.9 Å². The fourth-order valence-electron chi connectivity index (χ4n) is 1.96. The Hall–Kier alpha value is -1.49. The number of nitrogens with one attached hydrogen (secondary N) is 1. The van der Waals surface area contributed by atoms with E-state index in [1.807, 2.05) is 0 Å². The molecule has 86 valence electrons. The summed E-state index contributed by atoms with van der Waals surface area (Å²) >= 11 is 0. The van der Waals surface area contributed by atoms with Crippen molar-refractivity contribution in [3.05, 3.63) is 24.1 Å². The van der Waals surface area contributed by atoms with Gasteiger partial charge in [-0.2, -0.15) is 4.39 Å². The summed E-state index contributed by atoms with van der Waals surface area (Å²) in [5, 5.41) is 2.60. The van der Waals surface area contributed by atoms with Gasteiger partial charge in [-0.15, -0.1) is 0 Å². The standard InChI is InChI=1S/C11H14FN3O/c12-9-2-1-3-10(14-9)15-11(16)7-4-5-8(13)6-7/h1-3,7-8H,4-6,13H2,(H,14,15,16). The fraction of sp³-hybridized carbons (Fsp3) is 0.455. The van der Waals surface area contributed by atoms with Crippen LogP contribution in [0.1, 0.15) is 19.3 Å². The highest BCUT2D eigenvalue weighted by Crippen LogP contribution is 2.25. The second-order valence-corrected chi connectivity index (χ2v) is 4.10. The second kappa shape index (κ2) is 4.57. The lowest BCUT2D eigenvalue weighted by Crippen LogP contribution is -2.23. The van der Waals surface area contributed by atoms with Gasteiger partial charge in [-0.25, -0.2) is 4.98 Å². The molecular formula is C11H14FN3O. The Morgan fingerprint density at radius 2 is 2.31 bits per heavy atom. The lowest BCUT2D eigenvalue weighted by molar-refractivity contribution is -0.119. The number of carbonyl (C=O) groups excluding carboxylic acids is 1. The van der Waals surface area contributed by atoms with E-state index in [-0.39, 0.29) is 23.7 Å². The third-order valence-electron chi connectivity index (χ3n) is 2.81. The maximum absolute atomic E-state index is 12.8. The van der Waals surface area contributed by atoms with Crippen LogP contribution in [0, 0.1) is 11.9 Å². The maximum atomic E-state index is 12.8. The van der Waals surface area contributed by atoms with Gasteiger partial charge in [-0.05, 0) is 31.4 Å². The number of nitrogens with zero attached hydrogens (tertiary/aromatic N) is 1. The van der Waals surface area contributed by atoms with Crippen LogP contribution >= 0.6 is 0 Å². The largest absolute Gasteiger partial charge is 0.328 e. The van der Waals surface area contributed by atoms with Crippen LogP contribution in [0.5, 0.6) is 0 Å². The monoisotopic (exact) mass is 223 g/mol. The molecule has 1 aromatic heterocycles. The van der Waals surface area contributed by atoms with Gasteiger partial charge >= 0.3 is 0 Å². The first kappa shape index (κ1) is 11.0. The number of rotatable bonds is 2. The molecule has 2 atom stereocenters. The molecule has 1 heterocycles. The van der Waals surface area contributed by atoms with Gasteiger partial charge in [0, 0.05) is 12.0 Å². The van der Waals surface area contributed by atoms with Crippen LogP contribution in [0.15, 0.2) is 18.2 Å². The lowest BCUT2D eigenvalue weighted by Gasteiger charge is -2.09. The first-order valence-electron chi connectivity index (χ1n) is 5.34. The SMILES string of the molecule is NC1CCC(C(=O)Nc2cccc(F)n2)C1. The van der Waals surface area contributed by atoms with Crippen LogP contribution in [0.25, 0.3) is 0 Å². The van der Waals surface area contributed by atoms with Crippen molar-refractivity contribution in [1.29, 1.82) is 0 Å². The Kier molecular flexibility index (Phi) is 3.14. The number of hydrogen-bond acceptors (Lipinski definition) is 3. The molecule has 1 aliphatic carbocycles. The van der Waals surface area contributed by atoms with Crippen LogP contribution in [0.3, 0.4) is 0 Å². The highest BCUT2D eigenvalue weighted by atomic mass is 19.1. The number of amides is 1. The zero-order valence-electron chi connectivity index (χ0n) is 8.82. The number of pyridine rings is 1. The van der Waals surface area contributed by atoms with Crippen molar-refractivity contribution in [2.75, 3.05) is 5.32 Å². The molecule has 0 bridgehead atoms. The topological polar surface area (TPSA) is 68.0 Å². The Balaban J connectivity index is 1.97. The summed E-state index contributed by atoms with van der Waals surface area (Å²) in [6.07, 6.45) is 2.36. The molecule has 0 saturated heterocycles. The van der Waals surface area contributed by atoms with E-state index in [1.165, 1.54) is 12.1 Å². The maximum Gasteiger partial charge on any atom is 0.228 e. The number of halogens is 1. The first-order valence-corrected chi connectivity index (χ1v) is 5.34. The molecule has 1 saturated carbocycles. The summed E-state index contributed by atoms with van der Waals surface area (Å²) < 4.78 is 12.8. The molecule has 0 radical (unpaired) electrons. The minimum atomic E-state index is -0.596. The van der Waals surface area contributed by atoms with Crippen molar-refractivity contribution >= 4 is 11.7 Å². The molecule has 1 aromatic rings. The predicted octanol–water partition coefficient (Wildman–Crippen LogP) is 1.29. The highest BCUT2D eigenvalue weighted by molar-refractivity contribution is 5.91. The van der Waals surface area contributed by atoms with E-state index in [2.05, 4.69) is 10.3 Å². The van der Waals surface area contributed by atoms with Crippen molar-refractivity contribution in [3.63, 3.8) is 0 Å². The zero-order chi connectivity index (χ0) is 11.5. The van der Waals surface area contributed by atoms with Gasteiger partial charge in [0.25, 0.3) is 0 Å². The van der Waals surface area contributed by atoms with Gasteiger partial charge in [0.15, 0.2) is 0 Å². The van der Waals surface area contributed by atoms with Crippen LogP contribution in [0.2, 0.25) is 0 Å². The number of nitrogens with two attached hydrogens (primary N) is 1. The first-order chi connectivity index (χ1) is 7.65. The highest BCUT2D eigenvalue weighted by Gasteiger charge is 2.27. The van der Waals surface area contributed by atoms with E-state index in [0.717, 1.165) is 12.8 Å². The van der Waals surface area contributed by atoms with E-state index in [0.29, 0.717) is 6.42 Å². The summed E-state index contributed by atoms with van der Waals surface area (Å²) in [6.45, 7) is 0. The Bertz CT molecular complexity index is 397. The minimum Gasteiger partial charge on any atom is -0.328 e. The van der Waals surface area contributed by atoms with Crippen LogP contribution in [-0.2, 0) is 4.79 Å². The Labute approximate surface area is 93.1 Å². The van der Waals surface area contributed by atoms with Gasteiger partial charge < -0.3 is 11.1 Å². The molecule has 16 heavy (non-hydrogen) atoms. The summed E-state index contributed by atoms with van der Waals surface area (Å²) in [7, 11) is 0. The van der Waals surface area contributed by atoms with Crippen molar-refractivity contribution in [3.8, 4) is 0 Å². The van der Waals surface area contributed by atoms with Crippen LogP contribution < -0.4 is 11.1 Å². The quantitative estimate of drug-likeness (QED) is 0.742. The molecular weight excluding hydrogens is 209 g/mol. The number of aromatic nitrogens is 1. The van der Waals surface area contributed by atoms with Gasteiger partial charge in [0.1, 0.15) is 5.82 Å². The summed E-state index contributed by atoms with van der Waals surface area (Å²) in [4.78, 5) is 15.3. The van der Waals surface area contributed by atoms with E-state index < -0.39 is 5.95 Å². The normalized spacial score (nSPS) is 24.4. The second-order valence-electron chi connectivity index (χ2n) is 4.10. The molecule has 0 aliphatic heterocycles. The van der Waals surface area contributed by atoms with Gasteiger partial charge in [-0.3, -0.25) is 4.79 Å². The van der Waals surface area contributed by atoms with Crippen molar-refractivity contribution < 1.29 is 9.18 Å². The summed E-state index contributed by atoms with van der Waals surface area (Å²) in [5.74, 6) is -0.530. The van der Waals surface area contributed by atoms with E-state index in [1.54, 1.807) is 6.07 Å². The van der Waals surface area contributed by atoms with E-state index >= 15 is 0 Å². The third-order valence-corrected chi connectivity index (χ3v) is 2.81. The van der Waals surface area contributed by atoms with Crippen molar-refractivity contribution in [2.45, 2.75) is 25.3 Å². The smallest absolute Gasteiger partial charge is 0.228 e. The van der Waals surface area contributed by atoms with Crippen LogP contribution in [0.4, 0.5) is 10.2 Å². The molecule has 1 fully saturated rings. The summed E-state index contributed by atoms with van der Waals surface area (Å²) in [6, 6.07) is 4.42. The molecule has 1 aliphatic rings. The molecule has 3 N–H and O–H groups in total. The fourth-order valence-corrected chi connectivity index (χ4v) is 1.96. The Morgan fingerprint density at radius 3 is 2.94 bits per heavy atom. The van der Waals surface area contributed by atoms with E-state index in [4.69, 9.17) is 5.73 Å². The lowest BCUT2D eigenvalue weighted by atomic mass is 10.1. The molecule has 1 amide bonds. The molecule has 2 rings (SSSR count). The molecule has 4 nitrogen and oxygen atoms in total. The molecule has 0 aromatic carbocycles. The van der Waals surface area contributed by atoms with Gasteiger partial charge in [-0.1, -0.05) is 6.07 Å².